The topological polar surface area (TPSA) is 77.0 Å². The van der Waals surface area contributed by atoms with Crippen molar-refractivity contribution in [2.45, 2.75) is 6.54 Å². The molecule has 0 bridgehead atoms. The lowest BCUT2D eigenvalue weighted by Crippen LogP contribution is -2.28. The Morgan fingerprint density at radius 3 is 2.84 bits per heavy atom. The third-order valence-corrected chi connectivity index (χ3v) is 2.79. The standard InChI is InChI=1S/C12H14FN5O/c1-17-6-5-15-9(17)7-18(2)12(19)8-3-4-16-11(14)10(8)13/h3-6H,7H2,1-2H3,(H2,14,16). The fourth-order valence-electron chi connectivity index (χ4n) is 1.66. The summed E-state index contributed by atoms with van der Waals surface area (Å²) in [5, 5.41) is 0. The van der Waals surface area contributed by atoms with Crippen molar-refractivity contribution in [3.63, 3.8) is 0 Å². The smallest absolute Gasteiger partial charge is 0.257 e. The summed E-state index contributed by atoms with van der Waals surface area (Å²) in [6, 6.07) is 1.31. The van der Waals surface area contributed by atoms with Gasteiger partial charge in [0.05, 0.1) is 12.1 Å². The SMILES string of the molecule is CN(Cc1nccn1C)C(=O)c1ccnc(N)c1F. The first-order chi connectivity index (χ1) is 9.00. The zero-order chi connectivity index (χ0) is 14.0. The van der Waals surface area contributed by atoms with Crippen molar-refractivity contribution in [2.75, 3.05) is 12.8 Å². The van der Waals surface area contributed by atoms with Crippen LogP contribution in [0, 0.1) is 5.82 Å². The highest BCUT2D eigenvalue weighted by atomic mass is 19.1. The zero-order valence-electron chi connectivity index (χ0n) is 10.7. The lowest BCUT2D eigenvalue weighted by atomic mass is 10.2. The fraction of sp³-hybridized carbons (Fsp3) is 0.250. The van der Waals surface area contributed by atoms with E-state index in [0.29, 0.717) is 5.82 Å². The van der Waals surface area contributed by atoms with Gasteiger partial charge in [-0.25, -0.2) is 14.4 Å². The molecular weight excluding hydrogens is 249 g/mol. The van der Waals surface area contributed by atoms with Crippen molar-refractivity contribution >= 4 is 11.7 Å². The van der Waals surface area contributed by atoms with E-state index in [0.717, 1.165) is 0 Å². The summed E-state index contributed by atoms with van der Waals surface area (Å²) in [6.45, 7) is 0.282. The number of hydrogen-bond acceptors (Lipinski definition) is 4. The maximum absolute atomic E-state index is 13.7. The summed E-state index contributed by atoms with van der Waals surface area (Å²) in [5.74, 6) is -0.830. The predicted octanol–water partition coefficient (Wildman–Crippen LogP) is 0.809. The number of amides is 1. The Balaban J connectivity index is 2.20. The molecule has 0 saturated heterocycles. The second-order valence-corrected chi connectivity index (χ2v) is 4.17. The molecule has 19 heavy (non-hydrogen) atoms. The Labute approximate surface area is 109 Å². The van der Waals surface area contributed by atoms with Crippen LogP contribution in [0.5, 0.6) is 0 Å². The quantitative estimate of drug-likeness (QED) is 0.889. The first-order valence-corrected chi connectivity index (χ1v) is 5.62. The number of halogens is 1. The molecule has 2 N–H and O–H groups in total. The number of carbonyl (C=O) groups is 1. The molecule has 1 amide bonds. The maximum atomic E-state index is 13.7. The largest absolute Gasteiger partial charge is 0.381 e. The second-order valence-electron chi connectivity index (χ2n) is 4.17. The molecule has 0 unspecified atom stereocenters. The van der Waals surface area contributed by atoms with Gasteiger partial charge in [0, 0.05) is 32.7 Å². The highest BCUT2D eigenvalue weighted by Gasteiger charge is 2.19. The van der Waals surface area contributed by atoms with E-state index in [1.807, 2.05) is 7.05 Å². The summed E-state index contributed by atoms with van der Waals surface area (Å²) in [6.07, 6.45) is 4.72. The van der Waals surface area contributed by atoms with E-state index >= 15 is 0 Å². The number of pyridine rings is 1. The van der Waals surface area contributed by atoms with Crippen molar-refractivity contribution in [2.24, 2.45) is 7.05 Å². The molecule has 0 aromatic carbocycles. The van der Waals surface area contributed by atoms with Crippen LogP contribution >= 0.6 is 0 Å². The lowest BCUT2D eigenvalue weighted by Gasteiger charge is -2.17. The first-order valence-electron chi connectivity index (χ1n) is 5.62. The van der Waals surface area contributed by atoms with Gasteiger partial charge in [-0.3, -0.25) is 4.79 Å². The van der Waals surface area contributed by atoms with Crippen LogP contribution in [-0.4, -0.2) is 32.4 Å². The molecule has 0 radical (unpaired) electrons. The summed E-state index contributed by atoms with van der Waals surface area (Å²) in [7, 11) is 3.40. The number of carbonyl (C=O) groups excluding carboxylic acids is 1. The van der Waals surface area contributed by atoms with Crippen LogP contribution in [0.4, 0.5) is 10.2 Å². The number of aryl methyl sites for hydroxylation is 1. The lowest BCUT2D eigenvalue weighted by molar-refractivity contribution is 0.0776. The predicted molar refractivity (Wildman–Crippen MR) is 67.6 cm³/mol. The molecule has 0 fully saturated rings. The molecule has 0 saturated carbocycles. The number of nitrogens with two attached hydrogens (primary N) is 1. The van der Waals surface area contributed by atoms with Gasteiger partial charge in [0.1, 0.15) is 5.82 Å². The molecule has 100 valence electrons. The molecule has 0 aliphatic heterocycles. The molecule has 2 aromatic rings. The molecule has 2 heterocycles. The summed E-state index contributed by atoms with van der Waals surface area (Å²) >= 11 is 0. The van der Waals surface area contributed by atoms with Gasteiger partial charge >= 0.3 is 0 Å². The van der Waals surface area contributed by atoms with E-state index in [4.69, 9.17) is 5.73 Å². The number of aromatic nitrogens is 3. The van der Waals surface area contributed by atoms with E-state index in [2.05, 4.69) is 9.97 Å². The van der Waals surface area contributed by atoms with Crippen LogP contribution < -0.4 is 5.73 Å². The molecule has 0 aliphatic carbocycles. The summed E-state index contributed by atoms with van der Waals surface area (Å²) in [4.78, 5) is 21.2. The Morgan fingerprint density at radius 2 is 2.21 bits per heavy atom. The molecular formula is C12H14FN5O. The normalized spacial score (nSPS) is 10.5. The van der Waals surface area contributed by atoms with Crippen LogP contribution in [0.3, 0.4) is 0 Å². The van der Waals surface area contributed by atoms with Crippen LogP contribution in [0.25, 0.3) is 0 Å². The fourth-order valence-corrected chi connectivity index (χ4v) is 1.66. The monoisotopic (exact) mass is 263 g/mol. The minimum Gasteiger partial charge on any atom is -0.381 e. The van der Waals surface area contributed by atoms with Gasteiger partial charge in [0.2, 0.25) is 0 Å². The number of hydrogen-bond donors (Lipinski definition) is 1. The second kappa shape index (κ2) is 5.05. The van der Waals surface area contributed by atoms with Crippen LogP contribution in [-0.2, 0) is 13.6 Å². The Kier molecular flexibility index (Phi) is 3.46. The highest BCUT2D eigenvalue weighted by molar-refractivity contribution is 5.94. The molecule has 2 aromatic heterocycles. The summed E-state index contributed by atoms with van der Waals surface area (Å²) < 4.78 is 15.5. The van der Waals surface area contributed by atoms with Crippen molar-refractivity contribution in [3.05, 3.63) is 41.9 Å². The highest BCUT2D eigenvalue weighted by Crippen LogP contribution is 2.14. The number of nitrogens with zero attached hydrogens (tertiary/aromatic N) is 4. The number of anilines is 1. The van der Waals surface area contributed by atoms with Crippen LogP contribution in [0.1, 0.15) is 16.2 Å². The van der Waals surface area contributed by atoms with Gasteiger partial charge in [0.15, 0.2) is 11.6 Å². The third-order valence-electron chi connectivity index (χ3n) is 2.79. The molecule has 0 atom stereocenters. The van der Waals surface area contributed by atoms with Gasteiger partial charge in [0.25, 0.3) is 5.91 Å². The zero-order valence-corrected chi connectivity index (χ0v) is 10.7. The molecule has 7 heteroatoms. The van der Waals surface area contributed by atoms with Gasteiger partial charge in [-0.2, -0.15) is 0 Å². The average molecular weight is 263 g/mol. The first kappa shape index (κ1) is 13.0. The number of nitrogen functional groups attached to an aromatic ring is 1. The van der Waals surface area contributed by atoms with E-state index in [1.165, 1.54) is 17.2 Å². The Hall–Kier alpha value is -2.44. The third kappa shape index (κ3) is 2.54. The molecule has 6 nitrogen and oxygen atoms in total. The molecule has 2 rings (SSSR count). The van der Waals surface area contributed by atoms with E-state index in [1.54, 1.807) is 24.0 Å². The van der Waals surface area contributed by atoms with Crippen molar-refractivity contribution in [3.8, 4) is 0 Å². The maximum Gasteiger partial charge on any atom is 0.257 e. The van der Waals surface area contributed by atoms with E-state index in [9.17, 15) is 9.18 Å². The minimum absolute atomic E-state index is 0.0933. The molecule has 0 spiro atoms. The molecule has 0 aliphatic rings. The average Bonchev–Trinajstić information content (AvgIpc) is 2.77. The number of imidazole rings is 1. The van der Waals surface area contributed by atoms with Gasteiger partial charge in [-0.15, -0.1) is 0 Å². The van der Waals surface area contributed by atoms with Gasteiger partial charge < -0.3 is 15.2 Å². The summed E-state index contributed by atoms with van der Waals surface area (Å²) in [5.41, 5.74) is 5.25. The van der Waals surface area contributed by atoms with E-state index in [-0.39, 0.29) is 17.9 Å². The Bertz CT molecular complexity index is 610. The van der Waals surface area contributed by atoms with Gasteiger partial charge in [-0.05, 0) is 6.07 Å². The van der Waals surface area contributed by atoms with Gasteiger partial charge in [-0.1, -0.05) is 0 Å². The minimum atomic E-state index is -0.792. The van der Waals surface area contributed by atoms with Crippen LogP contribution in [0.2, 0.25) is 0 Å². The Morgan fingerprint density at radius 1 is 1.47 bits per heavy atom. The van der Waals surface area contributed by atoms with Crippen molar-refractivity contribution in [1.29, 1.82) is 0 Å². The van der Waals surface area contributed by atoms with Crippen molar-refractivity contribution in [1.82, 2.24) is 19.4 Å². The number of rotatable bonds is 3. The van der Waals surface area contributed by atoms with Crippen LogP contribution in [0.15, 0.2) is 24.7 Å². The van der Waals surface area contributed by atoms with Crippen molar-refractivity contribution < 1.29 is 9.18 Å². The van der Waals surface area contributed by atoms with E-state index < -0.39 is 11.7 Å².